The minimum Gasteiger partial charge on any atom is -0.310 e. The Balaban J connectivity index is 1.65. The van der Waals surface area contributed by atoms with Crippen molar-refractivity contribution in [1.29, 1.82) is 0 Å². The highest BCUT2D eigenvalue weighted by Gasteiger charge is 2.56. The first-order valence-corrected chi connectivity index (χ1v) is 10.2. The number of carbonyl (C=O) groups is 2. The van der Waals surface area contributed by atoms with Gasteiger partial charge in [0.15, 0.2) is 6.29 Å². The van der Waals surface area contributed by atoms with E-state index in [0.29, 0.717) is 17.1 Å². The number of benzene rings is 1. The van der Waals surface area contributed by atoms with Gasteiger partial charge in [0, 0.05) is 36.4 Å². The highest BCUT2D eigenvalue weighted by molar-refractivity contribution is 6.31. The van der Waals surface area contributed by atoms with E-state index in [0.717, 1.165) is 5.71 Å². The molecule has 2 fully saturated rings. The number of halogens is 2. The van der Waals surface area contributed by atoms with Gasteiger partial charge in [-0.1, -0.05) is 29.8 Å². The molecule has 0 radical (unpaired) electrons. The summed E-state index contributed by atoms with van der Waals surface area (Å²) in [4.78, 5) is 30.7. The van der Waals surface area contributed by atoms with E-state index in [4.69, 9.17) is 11.6 Å². The van der Waals surface area contributed by atoms with Crippen LogP contribution in [-0.2, 0) is 11.3 Å². The molecule has 1 N–H and O–H groups in total. The van der Waals surface area contributed by atoms with Crippen LogP contribution >= 0.6 is 11.6 Å². The zero-order chi connectivity index (χ0) is 21.6. The number of likely N-dealkylation sites (N-methyl/N-ethyl adjacent to an activating group) is 1. The third-order valence-electron chi connectivity index (χ3n) is 5.66. The molecule has 30 heavy (non-hydrogen) atoms. The average Bonchev–Trinajstić information content (AvgIpc) is 3.09. The molecule has 1 aromatic carbocycles. The van der Waals surface area contributed by atoms with Gasteiger partial charge < -0.3 is 4.90 Å². The fourth-order valence-corrected chi connectivity index (χ4v) is 4.42. The number of nitrogens with one attached hydrogen (secondary N) is 1. The van der Waals surface area contributed by atoms with Gasteiger partial charge in [-0.2, -0.15) is 5.10 Å². The Morgan fingerprint density at radius 1 is 1.37 bits per heavy atom. The minimum absolute atomic E-state index is 0.130. The Labute approximate surface area is 179 Å². The first-order chi connectivity index (χ1) is 14.3. The summed E-state index contributed by atoms with van der Waals surface area (Å²) < 4.78 is 14.4. The van der Waals surface area contributed by atoms with Crippen LogP contribution in [-0.4, -0.2) is 76.0 Å². The highest BCUT2D eigenvalue weighted by Crippen LogP contribution is 2.32. The molecule has 0 saturated carbocycles. The summed E-state index contributed by atoms with van der Waals surface area (Å²) in [5.41, 5.74) is 1.12. The number of carbonyl (C=O) groups excluding carboxylic acids is 2. The minimum atomic E-state index is -0.563. The fourth-order valence-electron chi connectivity index (χ4n) is 4.19. The van der Waals surface area contributed by atoms with E-state index in [1.807, 2.05) is 18.7 Å². The molecule has 3 amide bonds. The van der Waals surface area contributed by atoms with Crippen LogP contribution in [0.2, 0.25) is 5.02 Å². The standard InChI is InChI=1S/C20H24ClFN6O2/c1-4-5-9-26-18(29)16-17(25(3)20(26)30)23-19-27(16)10-12(2)24-28(19)11-13-14(21)7-6-8-15(13)22/h4-8,16-17,19,23H,9-11H2,1-3H3/b5-4+. The van der Waals surface area contributed by atoms with Crippen LogP contribution in [0.5, 0.6) is 0 Å². The van der Waals surface area contributed by atoms with Crippen LogP contribution in [0.25, 0.3) is 0 Å². The third-order valence-corrected chi connectivity index (χ3v) is 6.01. The molecule has 3 atom stereocenters. The molecule has 1 aromatic rings. The molecule has 8 nitrogen and oxygen atoms in total. The van der Waals surface area contributed by atoms with Gasteiger partial charge in [-0.15, -0.1) is 0 Å². The molecule has 160 valence electrons. The Kier molecular flexibility index (Phi) is 5.52. The van der Waals surface area contributed by atoms with Gasteiger partial charge in [0.1, 0.15) is 18.0 Å². The molecule has 0 bridgehead atoms. The number of urea groups is 1. The van der Waals surface area contributed by atoms with Crippen molar-refractivity contribution in [3.63, 3.8) is 0 Å². The van der Waals surface area contributed by atoms with E-state index >= 15 is 0 Å². The fraction of sp³-hybridized carbons (Fsp3) is 0.450. The molecule has 0 aliphatic carbocycles. The monoisotopic (exact) mass is 434 g/mol. The van der Waals surface area contributed by atoms with Gasteiger partial charge in [0.05, 0.1) is 6.54 Å². The number of hydrogen-bond donors (Lipinski definition) is 1. The second-order valence-corrected chi connectivity index (χ2v) is 8.05. The molecule has 0 aromatic heterocycles. The van der Waals surface area contributed by atoms with Crippen LogP contribution in [0.4, 0.5) is 9.18 Å². The molecule has 3 aliphatic heterocycles. The molecule has 0 spiro atoms. The Morgan fingerprint density at radius 3 is 2.83 bits per heavy atom. The maximum atomic E-state index is 14.4. The summed E-state index contributed by atoms with van der Waals surface area (Å²) >= 11 is 6.21. The predicted octanol–water partition coefficient (Wildman–Crippen LogP) is 2.02. The predicted molar refractivity (Wildman–Crippen MR) is 111 cm³/mol. The lowest BCUT2D eigenvalue weighted by Gasteiger charge is -2.42. The summed E-state index contributed by atoms with van der Waals surface area (Å²) in [5.74, 6) is -0.668. The van der Waals surface area contributed by atoms with Crippen molar-refractivity contribution in [2.24, 2.45) is 5.10 Å². The van der Waals surface area contributed by atoms with E-state index < -0.39 is 24.3 Å². The highest BCUT2D eigenvalue weighted by atomic mass is 35.5. The number of fused-ring (bicyclic) bond motifs is 3. The number of imide groups is 1. The van der Waals surface area contributed by atoms with Crippen molar-refractivity contribution in [2.75, 3.05) is 20.1 Å². The van der Waals surface area contributed by atoms with Crippen molar-refractivity contribution in [3.05, 3.63) is 46.8 Å². The van der Waals surface area contributed by atoms with E-state index in [1.165, 1.54) is 15.9 Å². The quantitative estimate of drug-likeness (QED) is 0.734. The van der Waals surface area contributed by atoms with E-state index in [-0.39, 0.29) is 25.0 Å². The smallest absolute Gasteiger partial charge is 0.310 e. The maximum absolute atomic E-state index is 14.4. The van der Waals surface area contributed by atoms with Crippen molar-refractivity contribution in [3.8, 4) is 0 Å². The molecule has 10 heteroatoms. The molecule has 3 heterocycles. The molecule has 4 rings (SSSR count). The summed E-state index contributed by atoms with van der Waals surface area (Å²) in [6.07, 6.45) is 2.61. The van der Waals surface area contributed by atoms with Crippen LogP contribution in [0.1, 0.15) is 19.4 Å². The normalized spacial score (nSPS) is 27.0. The summed E-state index contributed by atoms with van der Waals surface area (Å²) in [7, 11) is 1.67. The second kappa shape index (κ2) is 7.98. The number of nitrogens with zero attached hydrogens (tertiary/aromatic N) is 5. The Hall–Kier alpha value is -2.49. The number of amides is 3. The number of allylic oxidation sites excluding steroid dienone is 1. The van der Waals surface area contributed by atoms with E-state index in [9.17, 15) is 14.0 Å². The van der Waals surface area contributed by atoms with Crippen LogP contribution < -0.4 is 5.32 Å². The van der Waals surface area contributed by atoms with E-state index in [1.54, 1.807) is 36.3 Å². The first-order valence-electron chi connectivity index (χ1n) is 9.78. The lowest BCUT2D eigenvalue weighted by molar-refractivity contribution is -0.138. The van der Waals surface area contributed by atoms with Gasteiger partial charge in [0.2, 0.25) is 0 Å². The van der Waals surface area contributed by atoms with Crippen molar-refractivity contribution >= 4 is 29.3 Å². The first kappa shape index (κ1) is 20.8. The number of hydrazone groups is 1. The molecule has 3 aliphatic rings. The Bertz CT molecular complexity index is 918. The molecular formula is C20H24ClFN6O2. The number of rotatable bonds is 4. The SMILES string of the molecule is C/C=C/CN1C(=O)C2C(NC3N(Cc4c(F)cccc4Cl)N=C(C)CN23)N(C)C1=O. The zero-order valence-corrected chi connectivity index (χ0v) is 17.8. The lowest BCUT2D eigenvalue weighted by Crippen LogP contribution is -2.66. The summed E-state index contributed by atoms with van der Waals surface area (Å²) in [5, 5.41) is 9.91. The summed E-state index contributed by atoms with van der Waals surface area (Å²) in [6, 6.07) is 3.63. The van der Waals surface area contributed by atoms with Gasteiger partial charge in [-0.25, -0.2) is 14.1 Å². The van der Waals surface area contributed by atoms with Gasteiger partial charge in [0.25, 0.3) is 5.91 Å². The van der Waals surface area contributed by atoms with Crippen molar-refractivity contribution in [2.45, 2.75) is 38.9 Å². The maximum Gasteiger partial charge on any atom is 0.328 e. The largest absolute Gasteiger partial charge is 0.328 e. The average molecular weight is 435 g/mol. The van der Waals surface area contributed by atoms with Crippen LogP contribution in [0, 0.1) is 5.82 Å². The zero-order valence-electron chi connectivity index (χ0n) is 17.0. The molecule has 3 unspecified atom stereocenters. The van der Waals surface area contributed by atoms with Crippen molar-refractivity contribution in [1.82, 2.24) is 25.0 Å². The topological polar surface area (TPSA) is 71.5 Å². The molecule has 2 saturated heterocycles. The second-order valence-electron chi connectivity index (χ2n) is 7.65. The molecular weight excluding hydrogens is 411 g/mol. The van der Waals surface area contributed by atoms with Crippen LogP contribution in [0.3, 0.4) is 0 Å². The van der Waals surface area contributed by atoms with Gasteiger partial charge in [-0.3, -0.25) is 20.0 Å². The number of hydrogen-bond acceptors (Lipinski definition) is 6. The van der Waals surface area contributed by atoms with Crippen LogP contribution in [0.15, 0.2) is 35.5 Å². The van der Waals surface area contributed by atoms with Gasteiger partial charge in [-0.05, 0) is 26.0 Å². The third kappa shape index (κ3) is 3.36. The van der Waals surface area contributed by atoms with Gasteiger partial charge >= 0.3 is 6.03 Å². The lowest BCUT2D eigenvalue weighted by atomic mass is 10.1. The summed E-state index contributed by atoms with van der Waals surface area (Å²) in [6.45, 7) is 4.52. The Morgan fingerprint density at radius 2 is 2.13 bits per heavy atom. The van der Waals surface area contributed by atoms with Crippen molar-refractivity contribution < 1.29 is 14.0 Å². The van der Waals surface area contributed by atoms with E-state index in [2.05, 4.69) is 10.4 Å².